The summed E-state index contributed by atoms with van der Waals surface area (Å²) in [5.41, 5.74) is 0.330. The van der Waals surface area contributed by atoms with E-state index >= 15 is 0 Å². The summed E-state index contributed by atoms with van der Waals surface area (Å²) in [7, 11) is 0. The fourth-order valence-corrected chi connectivity index (χ4v) is 1.20. The first-order valence-corrected chi connectivity index (χ1v) is 3.77. The minimum Gasteiger partial charge on any atom is -0.458 e. The van der Waals surface area contributed by atoms with Gasteiger partial charge in [-0.2, -0.15) is 0 Å². The van der Waals surface area contributed by atoms with Gasteiger partial charge in [-0.1, -0.05) is 12.1 Å². The van der Waals surface area contributed by atoms with E-state index in [1.54, 1.807) is 6.07 Å². The van der Waals surface area contributed by atoms with Crippen LogP contribution < -0.4 is 0 Å². The quantitative estimate of drug-likeness (QED) is 0.630. The number of halogens is 1. The van der Waals surface area contributed by atoms with Crippen LogP contribution in [0.3, 0.4) is 0 Å². The van der Waals surface area contributed by atoms with E-state index in [4.69, 9.17) is 4.42 Å². The Labute approximate surface area is 69.8 Å². The summed E-state index contributed by atoms with van der Waals surface area (Å²) in [5, 5.41) is 0.800. The highest BCUT2D eigenvalue weighted by Gasteiger charge is 2.05. The summed E-state index contributed by atoms with van der Waals surface area (Å²) >= 11 is 0. The second-order valence-corrected chi connectivity index (χ2v) is 2.62. The van der Waals surface area contributed by atoms with E-state index in [2.05, 4.69) is 6.92 Å². The first-order valence-electron chi connectivity index (χ1n) is 3.77. The van der Waals surface area contributed by atoms with E-state index in [9.17, 15) is 4.39 Å². The molecule has 0 bridgehead atoms. The van der Waals surface area contributed by atoms with Gasteiger partial charge < -0.3 is 4.42 Å². The van der Waals surface area contributed by atoms with Gasteiger partial charge in [-0.25, -0.2) is 4.39 Å². The molecule has 0 amide bonds. The van der Waals surface area contributed by atoms with E-state index in [0.717, 1.165) is 11.1 Å². The average molecular weight is 163 g/mol. The maximum Gasteiger partial charge on any atom is 0.169 e. The topological polar surface area (TPSA) is 13.1 Å². The zero-order valence-electron chi connectivity index (χ0n) is 6.51. The Kier molecular flexibility index (Phi) is 1.61. The van der Waals surface area contributed by atoms with Gasteiger partial charge in [0.15, 0.2) is 11.4 Å². The highest BCUT2D eigenvalue weighted by molar-refractivity contribution is 5.78. The fourth-order valence-electron chi connectivity index (χ4n) is 1.20. The molecule has 0 N–H and O–H groups in total. The fraction of sp³-hybridized carbons (Fsp3) is 0.100. The predicted molar refractivity (Wildman–Crippen MR) is 45.2 cm³/mol. The van der Waals surface area contributed by atoms with Crippen LogP contribution in [-0.2, 0) is 6.42 Å². The average Bonchev–Trinajstić information content (AvgIpc) is 2.49. The van der Waals surface area contributed by atoms with Crippen LogP contribution in [0.4, 0.5) is 4.39 Å². The van der Waals surface area contributed by atoms with Gasteiger partial charge in [0.05, 0.1) is 0 Å². The van der Waals surface area contributed by atoms with Crippen molar-refractivity contribution < 1.29 is 8.81 Å². The van der Waals surface area contributed by atoms with Crippen LogP contribution in [0.25, 0.3) is 11.0 Å². The van der Waals surface area contributed by atoms with Gasteiger partial charge in [0, 0.05) is 11.8 Å². The number of rotatable bonds is 1. The summed E-state index contributed by atoms with van der Waals surface area (Å²) < 4.78 is 18.2. The molecule has 2 heteroatoms. The zero-order valence-corrected chi connectivity index (χ0v) is 6.51. The third-order valence-electron chi connectivity index (χ3n) is 1.79. The van der Waals surface area contributed by atoms with E-state index in [-0.39, 0.29) is 5.82 Å². The monoisotopic (exact) mass is 163 g/mol. The van der Waals surface area contributed by atoms with Gasteiger partial charge >= 0.3 is 0 Å². The largest absolute Gasteiger partial charge is 0.458 e. The highest BCUT2D eigenvalue weighted by atomic mass is 19.1. The molecule has 1 nitrogen and oxygen atoms in total. The number of fused-ring (bicyclic) bond motifs is 1. The van der Waals surface area contributed by atoms with Crippen LogP contribution in [0.15, 0.2) is 28.7 Å². The van der Waals surface area contributed by atoms with Gasteiger partial charge in [-0.05, 0) is 19.1 Å². The predicted octanol–water partition coefficient (Wildman–Crippen LogP) is 2.95. The second-order valence-electron chi connectivity index (χ2n) is 2.62. The van der Waals surface area contributed by atoms with Crippen molar-refractivity contribution in [3.8, 4) is 0 Å². The first-order chi connectivity index (χ1) is 5.81. The van der Waals surface area contributed by atoms with Crippen molar-refractivity contribution in [3.05, 3.63) is 42.8 Å². The third-order valence-corrected chi connectivity index (χ3v) is 1.79. The van der Waals surface area contributed by atoms with Gasteiger partial charge in [-0.15, -0.1) is 0 Å². The third kappa shape index (κ3) is 0.998. The van der Waals surface area contributed by atoms with Gasteiger partial charge in [0.2, 0.25) is 0 Å². The molecule has 2 rings (SSSR count). The Hall–Kier alpha value is -1.31. The number of hydrogen-bond donors (Lipinski definition) is 0. The van der Waals surface area contributed by atoms with E-state index in [0.29, 0.717) is 12.0 Å². The molecule has 1 aromatic carbocycles. The smallest absolute Gasteiger partial charge is 0.169 e. The lowest BCUT2D eigenvalue weighted by molar-refractivity contribution is 0.530. The maximum atomic E-state index is 13.0. The molecule has 0 fully saturated rings. The van der Waals surface area contributed by atoms with E-state index < -0.39 is 0 Å². The number of furan rings is 1. The normalized spacial score (nSPS) is 10.8. The Bertz CT molecular complexity index is 403. The van der Waals surface area contributed by atoms with Crippen LogP contribution in [0.1, 0.15) is 5.76 Å². The summed E-state index contributed by atoms with van der Waals surface area (Å²) in [6.45, 7) is 3.66. The molecule has 61 valence electrons. The Balaban J connectivity index is 2.74. The van der Waals surface area contributed by atoms with Crippen molar-refractivity contribution in [2.45, 2.75) is 6.42 Å². The van der Waals surface area contributed by atoms with Crippen LogP contribution in [0, 0.1) is 12.7 Å². The summed E-state index contributed by atoms with van der Waals surface area (Å²) in [4.78, 5) is 0. The summed E-state index contributed by atoms with van der Waals surface area (Å²) in [6, 6.07) is 6.69. The number of benzene rings is 1. The Morgan fingerprint density at radius 2 is 2.25 bits per heavy atom. The number of hydrogen-bond acceptors (Lipinski definition) is 1. The van der Waals surface area contributed by atoms with Crippen molar-refractivity contribution in [3.63, 3.8) is 0 Å². The molecular weight excluding hydrogens is 155 g/mol. The zero-order chi connectivity index (χ0) is 8.55. The van der Waals surface area contributed by atoms with Crippen LogP contribution in [-0.4, -0.2) is 0 Å². The van der Waals surface area contributed by atoms with E-state index in [1.165, 1.54) is 6.07 Å². The van der Waals surface area contributed by atoms with Crippen LogP contribution >= 0.6 is 0 Å². The molecule has 0 saturated carbocycles. The van der Waals surface area contributed by atoms with Crippen molar-refractivity contribution >= 4 is 11.0 Å². The van der Waals surface area contributed by atoms with Gasteiger partial charge in [0.25, 0.3) is 0 Å². The molecule has 0 unspecified atom stereocenters. The molecule has 1 heterocycles. The summed E-state index contributed by atoms with van der Waals surface area (Å²) in [5.74, 6) is 0.405. The summed E-state index contributed by atoms with van der Waals surface area (Å²) in [6.07, 6.45) is 0.550. The standard InChI is InChI=1S/C10H8FO/c1-2-8-6-7-4-3-5-9(11)10(7)12-8/h3-6H,1-2H2. The highest BCUT2D eigenvalue weighted by Crippen LogP contribution is 2.21. The molecule has 0 spiro atoms. The molecule has 0 aliphatic carbocycles. The molecule has 1 radical (unpaired) electrons. The molecule has 0 aliphatic rings. The Morgan fingerprint density at radius 3 is 2.92 bits per heavy atom. The lowest BCUT2D eigenvalue weighted by Gasteiger charge is -1.88. The molecule has 0 aliphatic heterocycles. The van der Waals surface area contributed by atoms with Crippen molar-refractivity contribution in [1.29, 1.82) is 0 Å². The molecule has 0 saturated heterocycles. The van der Waals surface area contributed by atoms with Crippen molar-refractivity contribution in [1.82, 2.24) is 0 Å². The van der Waals surface area contributed by atoms with Crippen molar-refractivity contribution in [2.24, 2.45) is 0 Å². The molecular formula is C10H8FO. The molecule has 12 heavy (non-hydrogen) atoms. The minimum absolute atomic E-state index is 0.313. The molecule has 1 aromatic heterocycles. The molecule has 2 aromatic rings. The maximum absolute atomic E-state index is 13.0. The lowest BCUT2D eigenvalue weighted by Crippen LogP contribution is -1.71. The Morgan fingerprint density at radius 1 is 1.42 bits per heavy atom. The van der Waals surface area contributed by atoms with Crippen molar-refractivity contribution in [2.75, 3.05) is 0 Å². The number of para-hydroxylation sites is 1. The lowest BCUT2D eigenvalue weighted by atomic mass is 10.2. The first kappa shape index (κ1) is 7.35. The van der Waals surface area contributed by atoms with Crippen LogP contribution in [0.2, 0.25) is 0 Å². The van der Waals surface area contributed by atoms with Crippen LogP contribution in [0.5, 0.6) is 0 Å². The van der Waals surface area contributed by atoms with Gasteiger partial charge in [0.1, 0.15) is 5.76 Å². The van der Waals surface area contributed by atoms with Gasteiger partial charge in [-0.3, -0.25) is 0 Å². The SMILES string of the molecule is [CH2]Cc1cc2cccc(F)c2o1. The minimum atomic E-state index is -0.313. The molecule has 0 atom stereocenters. The van der Waals surface area contributed by atoms with E-state index in [1.807, 2.05) is 12.1 Å². The second kappa shape index (κ2) is 2.63.